The molecule has 4 rings (SSSR count). The van der Waals surface area contributed by atoms with Gasteiger partial charge in [0.25, 0.3) is 6.79 Å². The number of fused-ring (bicyclic) bond motifs is 2. The van der Waals surface area contributed by atoms with Crippen LogP contribution < -0.4 is 0 Å². The van der Waals surface area contributed by atoms with Crippen LogP contribution in [0.3, 0.4) is 0 Å². The van der Waals surface area contributed by atoms with E-state index in [1.807, 2.05) is 0 Å². The van der Waals surface area contributed by atoms with Gasteiger partial charge in [-0.15, -0.1) is 5.01 Å². The SMILES string of the molecule is O=C(OCO/N=[N+](/[O-])N1CCCC1)c1cc(O)c2c(c1)C(=O)c1cccc(O)c1C2=O. The molecule has 0 spiro atoms. The lowest BCUT2D eigenvalue weighted by Gasteiger charge is -2.19. The van der Waals surface area contributed by atoms with Crippen molar-refractivity contribution in [3.05, 3.63) is 63.4 Å². The molecular weight excluding hydrogens is 410 g/mol. The maximum absolute atomic E-state index is 12.8. The van der Waals surface area contributed by atoms with Crippen molar-refractivity contribution in [1.29, 1.82) is 0 Å². The summed E-state index contributed by atoms with van der Waals surface area (Å²) in [6.07, 6.45) is 1.74. The molecule has 0 amide bonds. The first kappa shape index (κ1) is 20.1. The third-order valence-corrected chi connectivity index (χ3v) is 5.03. The van der Waals surface area contributed by atoms with Gasteiger partial charge < -0.3 is 25.0 Å². The summed E-state index contributed by atoms with van der Waals surface area (Å²) >= 11 is 0. The first-order valence-electron chi connectivity index (χ1n) is 9.39. The molecule has 0 bridgehead atoms. The maximum atomic E-state index is 12.8. The lowest BCUT2D eigenvalue weighted by atomic mass is 9.82. The minimum absolute atomic E-state index is 0.0398. The number of hydrogen-bond acceptors (Lipinski definition) is 9. The zero-order valence-corrected chi connectivity index (χ0v) is 16.1. The summed E-state index contributed by atoms with van der Waals surface area (Å²) in [7, 11) is 0. The fraction of sp³-hybridized carbons (Fsp3) is 0.250. The number of aromatic hydroxyl groups is 2. The second-order valence-corrected chi connectivity index (χ2v) is 6.95. The van der Waals surface area contributed by atoms with Crippen LogP contribution in [0.15, 0.2) is 35.6 Å². The van der Waals surface area contributed by atoms with Crippen molar-refractivity contribution in [2.45, 2.75) is 12.8 Å². The van der Waals surface area contributed by atoms with Crippen molar-refractivity contribution < 1.29 is 39.1 Å². The highest BCUT2D eigenvalue weighted by atomic mass is 16.8. The largest absolute Gasteiger partial charge is 0.569 e. The Bertz CT molecular complexity index is 1120. The Labute approximate surface area is 175 Å². The van der Waals surface area contributed by atoms with E-state index < -0.39 is 30.1 Å². The third-order valence-electron chi connectivity index (χ3n) is 5.03. The molecule has 0 atom stereocenters. The predicted molar refractivity (Wildman–Crippen MR) is 101 cm³/mol. The van der Waals surface area contributed by atoms with Crippen LogP contribution in [0.4, 0.5) is 0 Å². The Hall–Kier alpha value is -4.15. The molecule has 1 heterocycles. The van der Waals surface area contributed by atoms with Crippen LogP contribution in [0, 0.1) is 5.21 Å². The Kier molecular flexibility index (Phi) is 5.15. The number of nitrogens with zero attached hydrogens (tertiary/aromatic N) is 3. The van der Waals surface area contributed by atoms with Gasteiger partial charge in [0.15, 0.2) is 5.78 Å². The summed E-state index contributed by atoms with van der Waals surface area (Å²) in [6.45, 7) is 0.434. The minimum atomic E-state index is -0.964. The number of carbonyl (C=O) groups excluding carboxylic acids is 3. The zero-order valence-electron chi connectivity index (χ0n) is 16.1. The summed E-state index contributed by atoms with van der Waals surface area (Å²) in [5, 5.41) is 36.6. The number of esters is 1. The molecule has 2 N–H and O–H groups in total. The number of hydrogen-bond donors (Lipinski definition) is 2. The highest BCUT2D eigenvalue weighted by molar-refractivity contribution is 6.30. The van der Waals surface area contributed by atoms with Crippen LogP contribution in [0.2, 0.25) is 0 Å². The van der Waals surface area contributed by atoms with Gasteiger partial charge in [-0.1, -0.05) is 12.1 Å². The van der Waals surface area contributed by atoms with Gasteiger partial charge in [-0.05, 0) is 31.0 Å². The number of ether oxygens (including phenoxy) is 1. The molecule has 160 valence electrons. The van der Waals surface area contributed by atoms with Crippen molar-refractivity contribution >= 4 is 17.5 Å². The van der Waals surface area contributed by atoms with Gasteiger partial charge in [0, 0.05) is 11.1 Å². The summed E-state index contributed by atoms with van der Waals surface area (Å²) < 4.78 is 4.85. The van der Waals surface area contributed by atoms with Crippen LogP contribution >= 0.6 is 0 Å². The Morgan fingerprint density at radius 3 is 2.52 bits per heavy atom. The number of carbonyl (C=O) groups is 3. The van der Waals surface area contributed by atoms with E-state index in [1.165, 1.54) is 23.2 Å². The van der Waals surface area contributed by atoms with Crippen molar-refractivity contribution in [2.24, 2.45) is 5.28 Å². The molecule has 11 heteroatoms. The molecule has 2 aromatic carbocycles. The molecule has 0 unspecified atom stereocenters. The fourth-order valence-corrected chi connectivity index (χ4v) is 3.56. The van der Waals surface area contributed by atoms with Crippen LogP contribution in [0.1, 0.15) is 55.0 Å². The minimum Gasteiger partial charge on any atom is -0.569 e. The normalized spacial score (nSPS) is 15.5. The van der Waals surface area contributed by atoms with Crippen molar-refractivity contribution in [3.8, 4) is 11.5 Å². The Morgan fingerprint density at radius 2 is 1.77 bits per heavy atom. The van der Waals surface area contributed by atoms with Crippen LogP contribution in [-0.2, 0) is 9.57 Å². The van der Waals surface area contributed by atoms with E-state index in [0.29, 0.717) is 13.1 Å². The first-order chi connectivity index (χ1) is 14.9. The summed E-state index contributed by atoms with van der Waals surface area (Å²) in [5.74, 6) is -3.33. The summed E-state index contributed by atoms with van der Waals surface area (Å²) in [5.41, 5.74) is -0.958. The van der Waals surface area contributed by atoms with Gasteiger partial charge in [0.05, 0.1) is 34.7 Å². The van der Waals surface area contributed by atoms with Crippen LogP contribution in [-0.4, -0.2) is 57.6 Å². The molecule has 0 aromatic heterocycles. The van der Waals surface area contributed by atoms with Crippen LogP contribution in [0.5, 0.6) is 11.5 Å². The van der Waals surface area contributed by atoms with Gasteiger partial charge in [-0.3, -0.25) is 9.59 Å². The molecule has 1 fully saturated rings. The van der Waals surface area contributed by atoms with Crippen LogP contribution in [0.25, 0.3) is 0 Å². The molecule has 1 aliphatic heterocycles. The zero-order chi connectivity index (χ0) is 22.1. The van der Waals surface area contributed by atoms with Gasteiger partial charge in [0.1, 0.15) is 11.5 Å². The lowest BCUT2D eigenvalue weighted by Crippen LogP contribution is -2.27. The molecule has 0 radical (unpaired) electrons. The average Bonchev–Trinajstić information content (AvgIpc) is 3.29. The van der Waals surface area contributed by atoms with E-state index in [4.69, 9.17) is 4.74 Å². The van der Waals surface area contributed by atoms with E-state index in [-0.39, 0.29) is 38.5 Å². The smallest absolute Gasteiger partial charge is 0.341 e. The molecule has 2 aliphatic rings. The van der Waals surface area contributed by atoms with E-state index in [2.05, 4.69) is 10.1 Å². The number of rotatable bonds is 5. The number of benzene rings is 2. The number of phenolic OH excluding ortho intramolecular Hbond substituents is 2. The Balaban J connectivity index is 1.51. The first-order valence-corrected chi connectivity index (χ1v) is 9.39. The number of ketones is 2. The third kappa shape index (κ3) is 3.61. The highest BCUT2D eigenvalue weighted by Gasteiger charge is 2.35. The molecule has 1 saturated heterocycles. The fourth-order valence-electron chi connectivity index (χ4n) is 3.56. The van der Waals surface area contributed by atoms with E-state index in [1.54, 1.807) is 0 Å². The standard InChI is InChI=1S/C20H17N3O8/c24-14-5-3-4-12-16(14)19(27)17-13(18(12)26)8-11(9-15(17)25)20(28)30-10-31-21-23(29)22-6-1-2-7-22/h3-5,8-9,24-25H,1-2,6-7,10H2/b23-21+. The monoisotopic (exact) mass is 427 g/mol. The highest BCUT2D eigenvalue weighted by Crippen LogP contribution is 2.37. The quantitative estimate of drug-likeness (QED) is 0.155. The summed E-state index contributed by atoms with van der Waals surface area (Å²) in [4.78, 5) is 42.7. The average molecular weight is 427 g/mol. The molecule has 2 aromatic rings. The predicted octanol–water partition coefficient (Wildman–Crippen LogP) is 1.89. The number of phenols is 2. The van der Waals surface area contributed by atoms with E-state index in [9.17, 15) is 29.8 Å². The summed E-state index contributed by atoms with van der Waals surface area (Å²) in [6, 6.07) is 6.12. The molecule has 31 heavy (non-hydrogen) atoms. The van der Waals surface area contributed by atoms with Gasteiger partial charge in [-0.25, -0.2) is 4.79 Å². The molecule has 0 saturated carbocycles. The van der Waals surface area contributed by atoms with E-state index in [0.717, 1.165) is 25.0 Å². The van der Waals surface area contributed by atoms with Crippen molar-refractivity contribution in [1.82, 2.24) is 5.01 Å². The van der Waals surface area contributed by atoms with E-state index >= 15 is 0 Å². The lowest BCUT2D eigenvalue weighted by molar-refractivity contribution is -0.708. The van der Waals surface area contributed by atoms with Gasteiger partial charge >= 0.3 is 5.97 Å². The number of hydrazine groups is 1. The van der Waals surface area contributed by atoms with Gasteiger partial charge in [0.2, 0.25) is 11.1 Å². The molecular formula is C20H17N3O8. The Morgan fingerprint density at radius 1 is 1.06 bits per heavy atom. The molecule has 1 aliphatic carbocycles. The van der Waals surface area contributed by atoms with Crippen molar-refractivity contribution in [3.63, 3.8) is 0 Å². The maximum Gasteiger partial charge on any atom is 0.341 e. The second-order valence-electron chi connectivity index (χ2n) is 6.95. The topological polar surface area (TPSA) is 152 Å². The van der Waals surface area contributed by atoms with Crippen molar-refractivity contribution in [2.75, 3.05) is 19.9 Å². The van der Waals surface area contributed by atoms with Gasteiger partial charge in [-0.2, -0.15) is 0 Å². The second kappa shape index (κ2) is 7.94. The molecule has 11 nitrogen and oxygen atoms in total.